The first-order chi connectivity index (χ1) is 12.1. The minimum Gasteiger partial charge on any atom is -0.444 e. The van der Waals surface area contributed by atoms with Crippen molar-refractivity contribution in [1.82, 2.24) is 10.6 Å². The quantitative estimate of drug-likeness (QED) is 0.799. The molecule has 132 valence electrons. The number of amides is 2. The standard InChI is InChI=1S/C19H21BrN2O3/c20-17-11-10-16(25-17)19(24)21-12-18(23)22-15-8-6-14(7-9-15)13-4-2-1-3-5-13/h1-5,10-11,14-15H,6-9,12H2,(H,21,24)(H,22,23). The molecule has 0 aliphatic heterocycles. The van der Waals surface area contributed by atoms with Crippen molar-refractivity contribution in [3.05, 3.63) is 58.5 Å². The van der Waals surface area contributed by atoms with E-state index in [4.69, 9.17) is 4.42 Å². The number of carbonyl (C=O) groups excluding carboxylic acids is 2. The Balaban J connectivity index is 1.40. The molecule has 0 saturated heterocycles. The summed E-state index contributed by atoms with van der Waals surface area (Å²) in [7, 11) is 0. The summed E-state index contributed by atoms with van der Waals surface area (Å²) in [6.07, 6.45) is 4.07. The molecule has 1 heterocycles. The smallest absolute Gasteiger partial charge is 0.287 e. The fraction of sp³-hybridized carbons (Fsp3) is 0.368. The second-order valence-corrected chi connectivity index (χ2v) is 7.09. The lowest BCUT2D eigenvalue weighted by Crippen LogP contribution is -2.43. The molecule has 25 heavy (non-hydrogen) atoms. The lowest BCUT2D eigenvalue weighted by molar-refractivity contribution is -0.121. The average Bonchev–Trinajstić information content (AvgIpc) is 3.08. The molecule has 1 aliphatic carbocycles. The van der Waals surface area contributed by atoms with Gasteiger partial charge in [-0.15, -0.1) is 0 Å². The molecule has 1 fully saturated rings. The van der Waals surface area contributed by atoms with Gasteiger partial charge in [0.1, 0.15) is 0 Å². The van der Waals surface area contributed by atoms with Crippen LogP contribution in [0.5, 0.6) is 0 Å². The van der Waals surface area contributed by atoms with Crippen molar-refractivity contribution in [1.29, 1.82) is 0 Å². The molecule has 2 amide bonds. The fourth-order valence-electron chi connectivity index (χ4n) is 3.26. The van der Waals surface area contributed by atoms with Gasteiger partial charge < -0.3 is 15.1 Å². The van der Waals surface area contributed by atoms with Crippen molar-refractivity contribution in [2.75, 3.05) is 6.54 Å². The van der Waals surface area contributed by atoms with Gasteiger partial charge in [0.05, 0.1) is 6.54 Å². The van der Waals surface area contributed by atoms with E-state index >= 15 is 0 Å². The highest BCUT2D eigenvalue weighted by Gasteiger charge is 2.23. The third kappa shape index (κ3) is 4.95. The predicted molar refractivity (Wildman–Crippen MR) is 98.3 cm³/mol. The molecule has 0 bridgehead atoms. The van der Waals surface area contributed by atoms with Crippen LogP contribution in [-0.2, 0) is 4.79 Å². The summed E-state index contributed by atoms with van der Waals surface area (Å²) in [6.45, 7) is -0.0459. The number of hydrogen-bond donors (Lipinski definition) is 2. The molecule has 0 radical (unpaired) electrons. The largest absolute Gasteiger partial charge is 0.444 e. The molecule has 1 aliphatic rings. The maximum atomic E-state index is 12.0. The number of carbonyl (C=O) groups is 2. The lowest BCUT2D eigenvalue weighted by atomic mass is 9.82. The van der Waals surface area contributed by atoms with E-state index in [1.807, 2.05) is 6.07 Å². The molecule has 1 aromatic carbocycles. The van der Waals surface area contributed by atoms with Gasteiger partial charge in [0.15, 0.2) is 10.4 Å². The zero-order valence-corrected chi connectivity index (χ0v) is 15.4. The van der Waals surface area contributed by atoms with Gasteiger partial charge in [0, 0.05) is 6.04 Å². The molecule has 6 heteroatoms. The van der Waals surface area contributed by atoms with Crippen molar-refractivity contribution < 1.29 is 14.0 Å². The van der Waals surface area contributed by atoms with E-state index in [2.05, 4.69) is 50.8 Å². The van der Waals surface area contributed by atoms with Gasteiger partial charge in [-0.1, -0.05) is 30.3 Å². The highest BCUT2D eigenvalue weighted by atomic mass is 79.9. The Morgan fingerprint density at radius 1 is 1.04 bits per heavy atom. The normalized spacial score (nSPS) is 20.0. The van der Waals surface area contributed by atoms with Gasteiger partial charge in [0.2, 0.25) is 5.91 Å². The predicted octanol–water partition coefficient (Wildman–Crippen LogP) is 3.61. The second kappa shape index (κ2) is 8.34. The lowest BCUT2D eigenvalue weighted by Gasteiger charge is -2.29. The Morgan fingerprint density at radius 2 is 1.76 bits per heavy atom. The number of hydrogen-bond acceptors (Lipinski definition) is 3. The summed E-state index contributed by atoms with van der Waals surface area (Å²) >= 11 is 3.14. The fourth-order valence-corrected chi connectivity index (χ4v) is 3.57. The summed E-state index contributed by atoms with van der Waals surface area (Å²) in [5.41, 5.74) is 1.38. The van der Waals surface area contributed by atoms with Gasteiger partial charge in [-0.25, -0.2) is 0 Å². The van der Waals surface area contributed by atoms with Gasteiger partial charge in [-0.2, -0.15) is 0 Å². The number of furan rings is 1. The number of nitrogens with one attached hydrogen (secondary N) is 2. The van der Waals surface area contributed by atoms with Crippen LogP contribution >= 0.6 is 15.9 Å². The number of rotatable bonds is 5. The average molecular weight is 405 g/mol. The molecule has 1 aromatic heterocycles. The van der Waals surface area contributed by atoms with Crippen LogP contribution in [0.3, 0.4) is 0 Å². The van der Waals surface area contributed by atoms with Crippen LogP contribution in [-0.4, -0.2) is 24.4 Å². The molecule has 3 rings (SSSR count). The highest BCUT2D eigenvalue weighted by Crippen LogP contribution is 2.32. The van der Waals surface area contributed by atoms with Crippen molar-refractivity contribution in [2.24, 2.45) is 0 Å². The van der Waals surface area contributed by atoms with Crippen molar-refractivity contribution >= 4 is 27.7 Å². The zero-order valence-electron chi connectivity index (χ0n) is 13.8. The van der Waals surface area contributed by atoms with Crippen LogP contribution in [0.4, 0.5) is 0 Å². The third-order valence-corrected chi connectivity index (χ3v) is 5.00. The van der Waals surface area contributed by atoms with E-state index in [0.717, 1.165) is 25.7 Å². The Bertz CT molecular complexity index is 721. The summed E-state index contributed by atoms with van der Waals surface area (Å²) in [5.74, 6) is 0.199. The SMILES string of the molecule is O=C(CNC(=O)c1ccc(Br)o1)NC1CCC(c2ccccc2)CC1. The summed E-state index contributed by atoms with van der Waals surface area (Å²) in [4.78, 5) is 23.9. The van der Waals surface area contributed by atoms with Crippen LogP contribution in [0.25, 0.3) is 0 Å². The minimum atomic E-state index is -0.395. The van der Waals surface area contributed by atoms with Crippen LogP contribution < -0.4 is 10.6 Å². The number of halogens is 1. The Morgan fingerprint density at radius 3 is 2.40 bits per heavy atom. The topological polar surface area (TPSA) is 71.3 Å². The molecule has 2 aromatic rings. The van der Waals surface area contributed by atoms with Crippen LogP contribution in [0.15, 0.2) is 51.6 Å². The van der Waals surface area contributed by atoms with Crippen LogP contribution in [0, 0.1) is 0 Å². The zero-order chi connectivity index (χ0) is 17.6. The molecule has 5 nitrogen and oxygen atoms in total. The molecule has 0 atom stereocenters. The molecule has 2 N–H and O–H groups in total. The van der Waals surface area contributed by atoms with Gasteiger partial charge in [-0.3, -0.25) is 9.59 Å². The molecular weight excluding hydrogens is 384 g/mol. The first-order valence-electron chi connectivity index (χ1n) is 8.49. The van der Waals surface area contributed by atoms with E-state index in [1.165, 1.54) is 5.56 Å². The van der Waals surface area contributed by atoms with Crippen LogP contribution in [0.2, 0.25) is 0 Å². The van der Waals surface area contributed by atoms with Gasteiger partial charge in [-0.05, 0) is 65.2 Å². The summed E-state index contributed by atoms with van der Waals surface area (Å²) in [6, 6.07) is 13.9. The highest BCUT2D eigenvalue weighted by molar-refractivity contribution is 9.10. The first-order valence-corrected chi connectivity index (χ1v) is 9.29. The number of benzene rings is 1. The Hall–Kier alpha value is -2.08. The maximum absolute atomic E-state index is 12.0. The maximum Gasteiger partial charge on any atom is 0.287 e. The van der Waals surface area contributed by atoms with Gasteiger partial charge >= 0.3 is 0 Å². The second-order valence-electron chi connectivity index (χ2n) is 6.31. The van der Waals surface area contributed by atoms with Crippen LogP contribution in [0.1, 0.15) is 47.7 Å². The van der Waals surface area contributed by atoms with E-state index in [0.29, 0.717) is 10.6 Å². The monoisotopic (exact) mass is 404 g/mol. The van der Waals surface area contributed by atoms with Crippen molar-refractivity contribution in [3.63, 3.8) is 0 Å². The molecule has 1 saturated carbocycles. The van der Waals surface area contributed by atoms with E-state index in [9.17, 15) is 9.59 Å². The minimum absolute atomic E-state index is 0.0459. The van der Waals surface area contributed by atoms with E-state index in [-0.39, 0.29) is 24.3 Å². The molecule has 0 unspecified atom stereocenters. The first kappa shape index (κ1) is 17.7. The van der Waals surface area contributed by atoms with E-state index < -0.39 is 5.91 Å². The summed E-state index contributed by atoms with van der Waals surface area (Å²) in [5, 5.41) is 5.58. The van der Waals surface area contributed by atoms with E-state index in [1.54, 1.807) is 12.1 Å². The molecular formula is C19H21BrN2O3. The third-order valence-electron chi connectivity index (χ3n) is 4.57. The van der Waals surface area contributed by atoms with Gasteiger partial charge in [0.25, 0.3) is 5.91 Å². The Labute approximate surface area is 155 Å². The van der Waals surface area contributed by atoms with Crippen molar-refractivity contribution in [2.45, 2.75) is 37.6 Å². The Kier molecular flexibility index (Phi) is 5.91. The van der Waals surface area contributed by atoms with Crippen molar-refractivity contribution in [3.8, 4) is 0 Å². The molecule has 0 spiro atoms. The summed E-state index contributed by atoms with van der Waals surface area (Å²) < 4.78 is 5.64.